The molecule has 154 valence electrons. The first-order valence-corrected chi connectivity index (χ1v) is 9.46. The highest BCUT2D eigenvalue weighted by Crippen LogP contribution is 2.28. The average Bonchev–Trinajstić information content (AvgIpc) is 2.66. The number of hydrogen-bond acceptors (Lipinski definition) is 4. The molecule has 1 unspecified atom stereocenters. The summed E-state index contributed by atoms with van der Waals surface area (Å²) in [4.78, 5) is 6.78. The van der Waals surface area contributed by atoms with Crippen LogP contribution in [-0.4, -0.2) is 51.8 Å². The van der Waals surface area contributed by atoms with Gasteiger partial charge < -0.3 is 25.4 Å². The lowest BCUT2D eigenvalue weighted by atomic mass is 9.83. The molecule has 1 aromatic carbocycles. The third-order valence-electron chi connectivity index (χ3n) is 5.23. The largest absolute Gasteiger partial charge is 0.493 e. The average molecular weight is 490 g/mol. The van der Waals surface area contributed by atoms with Crippen molar-refractivity contribution in [2.24, 2.45) is 16.6 Å². The molecule has 7 heteroatoms. The van der Waals surface area contributed by atoms with Gasteiger partial charge in [-0.1, -0.05) is 25.3 Å². The van der Waals surface area contributed by atoms with Gasteiger partial charge in [0.05, 0.1) is 20.8 Å². The smallest absolute Gasteiger partial charge is 0.188 e. The predicted octanol–water partition coefficient (Wildman–Crippen LogP) is 3.24. The quantitative estimate of drug-likeness (QED) is 0.333. The number of ether oxygens (including phenoxy) is 2. The van der Waals surface area contributed by atoms with Crippen molar-refractivity contribution >= 4 is 29.9 Å². The van der Waals surface area contributed by atoms with E-state index in [0.29, 0.717) is 30.0 Å². The Morgan fingerprint density at radius 1 is 1.19 bits per heavy atom. The van der Waals surface area contributed by atoms with Crippen LogP contribution in [0.5, 0.6) is 11.5 Å². The van der Waals surface area contributed by atoms with Gasteiger partial charge in [0.25, 0.3) is 0 Å². The van der Waals surface area contributed by atoms with Crippen LogP contribution in [0.4, 0.5) is 0 Å². The molecule has 1 atom stereocenters. The van der Waals surface area contributed by atoms with E-state index in [1.165, 1.54) is 32.1 Å². The monoisotopic (exact) mass is 490 g/mol. The van der Waals surface area contributed by atoms with E-state index in [1.54, 1.807) is 14.2 Å². The molecule has 0 radical (unpaired) electrons. The number of aliphatic imine (C=N–C) groups is 1. The zero-order valence-corrected chi connectivity index (χ0v) is 19.4. The molecule has 27 heavy (non-hydrogen) atoms. The van der Waals surface area contributed by atoms with Gasteiger partial charge in [0.1, 0.15) is 0 Å². The molecule has 1 aliphatic carbocycles. The zero-order valence-electron chi connectivity index (χ0n) is 17.0. The first kappa shape index (κ1) is 23.8. The van der Waals surface area contributed by atoms with Crippen molar-refractivity contribution in [3.05, 3.63) is 23.8 Å². The second kappa shape index (κ2) is 12.3. The van der Waals surface area contributed by atoms with Crippen LogP contribution in [0.15, 0.2) is 23.2 Å². The van der Waals surface area contributed by atoms with Crippen LogP contribution in [0.2, 0.25) is 0 Å². The Hall–Kier alpha value is -1.22. The fourth-order valence-corrected chi connectivity index (χ4v) is 3.71. The number of nitrogens with two attached hydrogens (primary N) is 1. The number of benzene rings is 1. The molecule has 6 nitrogen and oxygen atoms in total. The summed E-state index contributed by atoms with van der Waals surface area (Å²) in [6.45, 7) is 1.34. The van der Waals surface area contributed by atoms with Crippen molar-refractivity contribution in [1.29, 1.82) is 0 Å². The van der Waals surface area contributed by atoms with E-state index in [0.717, 1.165) is 18.0 Å². The molecule has 1 fully saturated rings. The Balaban J connectivity index is 0.00000364. The summed E-state index contributed by atoms with van der Waals surface area (Å²) in [7, 11) is 7.56. The molecule has 0 spiro atoms. The first-order chi connectivity index (χ1) is 12.5. The summed E-state index contributed by atoms with van der Waals surface area (Å²) in [6.07, 6.45) is 6.69. The second-order valence-corrected chi connectivity index (χ2v) is 7.20. The molecular formula is C20H35IN4O2. The van der Waals surface area contributed by atoms with Gasteiger partial charge in [0.2, 0.25) is 0 Å². The van der Waals surface area contributed by atoms with E-state index < -0.39 is 0 Å². The molecule has 0 saturated heterocycles. The number of hydrogen-bond donors (Lipinski definition) is 2. The highest BCUT2D eigenvalue weighted by atomic mass is 127. The standard InChI is InChI=1S/C20H34N4O2.HI/c1-24(2)17(16-8-6-5-7-9-16)14-23-20(21)22-13-15-10-11-18(25-3)19(12-15)26-4;/h10-12,16-17H,5-9,13-14H2,1-4H3,(H3,21,22,23);1H. The Morgan fingerprint density at radius 2 is 1.85 bits per heavy atom. The molecule has 2 rings (SSSR count). The molecule has 0 aliphatic heterocycles. The number of nitrogens with zero attached hydrogens (tertiary/aromatic N) is 2. The van der Waals surface area contributed by atoms with Crippen molar-refractivity contribution in [2.45, 2.75) is 44.7 Å². The van der Waals surface area contributed by atoms with Crippen LogP contribution in [0, 0.1) is 5.92 Å². The topological polar surface area (TPSA) is 72.1 Å². The normalized spacial score (nSPS) is 16.6. The minimum atomic E-state index is 0. The van der Waals surface area contributed by atoms with Gasteiger partial charge in [-0.3, -0.25) is 0 Å². The molecule has 1 aliphatic rings. The lowest BCUT2D eigenvalue weighted by Gasteiger charge is -2.35. The Bertz CT molecular complexity index is 589. The molecule has 1 aromatic rings. The van der Waals surface area contributed by atoms with E-state index >= 15 is 0 Å². The lowest BCUT2D eigenvalue weighted by Crippen LogP contribution is -2.47. The van der Waals surface area contributed by atoms with Crippen molar-refractivity contribution in [1.82, 2.24) is 10.2 Å². The molecule has 1 saturated carbocycles. The van der Waals surface area contributed by atoms with Gasteiger partial charge in [0, 0.05) is 12.6 Å². The van der Waals surface area contributed by atoms with Crippen LogP contribution in [0.1, 0.15) is 37.7 Å². The molecule has 0 bridgehead atoms. The number of methoxy groups -OCH3 is 2. The van der Waals surface area contributed by atoms with Gasteiger partial charge >= 0.3 is 0 Å². The summed E-state index contributed by atoms with van der Waals surface area (Å²) in [6, 6.07) is 6.28. The summed E-state index contributed by atoms with van der Waals surface area (Å²) >= 11 is 0. The summed E-state index contributed by atoms with van der Waals surface area (Å²) in [5.74, 6) is 2.65. The number of likely N-dealkylation sites (N-methyl/N-ethyl adjacent to an activating group) is 1. The van der Waals surface area contributed by atoms with E-state index in [1.807, 2.05) is 18.2 Å². The molecular weight excluding hydrogens is 455 g/mol. The van der Waals surface area contributed by atoms with E-state index in [9.17, 15) is 0 Å². The maximum absolute atomic E-state index is 6.09. The van der Waals surface area contributed by atoms with Crippen molar-refractivity contribution in [3.63, 3.8) is 0 Å². The highest BCUT2D eigenvalue weighted by molar-refractivity contribution is 14.0. The Kier molecular flexibility index (Phi) is 10.8. The highest BCUT2D eigenvalue weighted by Gasteiger charge is 2.25. The number of rotatable bonds is 8. The van der Waals surface area contributed by atoms with Crippen LogP contribution < -0.4 is 20.5 Å². The van der Waals surface area contributed by atoms with Gasteiger partial charge in [-0.2, -0.15) is 0 Å². The lowest BCUT2D eigenvalue weighted by molar-refractivity contribution is 0.171. The summed E-state index contributed by atoms with van der Waals surface area (Å²) in [5, 5.41) is 3.31. The van der Waals surface area contributed by atoms with Gasteiger partial charge in [0.15, 0.2) is 17.5 Å². The van der Waals surface area contributed by atoms with E-state index in [-0.39, 0.29) is 24.0 Å². The van der Waals surface area contributed by atoms with Crippen molar-refractivity contribution in [2.75, 3.05) is 34.9 Å². The SMILES string of the molecule is COc1ccc(CN=C(N)NCC(C2CCCCC2)N(C)C)cc1OC.I. The Morgan fingerprint density at radius 3 is 2.44 bits per heavy atom. The number of nitrogens with one attached hydrogen (secondary N) is 1. The third kappa shape index (κ3) is 7.37. The van der Waals surface area contributed by atoms with Gasteiger partial charge in [-0.25, -0.2) is 4.99 Å². The minimum absolute atomic E-state index is 0. The predicted molar refractivity (Wildman–Crippen MR) is 122 cm³/mol. The van der Waals surface area contributed by atoms with Gasteiger partial charge in [-0.05, 0) is 50.6 Å². The summed E-state index contributed by atoms with van der Waals surface area (Å²) in [5.41, 5.74) is 7.12. The summed E-state index contributed by atoms with van der Waals surface area (Å²) < 4.78 is 10.6. The van der Waals surface area contributed by atoms with Crippen molar-refractivity contribution in [3.8, 4) is 11.5 Å². The minimum Gasteiger partial charge on any atom is -0.493 e. The molecule has 0 heterocycles. The second-order valence-electron chi connectivity index (χ2n) is 7.20. The number of guanidine groups is 1. The Labute approximate surface area is 180 Å². The fourth-order valence-electron chi connectivity index (χ4n) is 3.71. The van der Waals surface area contributed by atoms with Crippen LogP contribution in [0.25, 0.3) is 0 Å². The molecule has 0 amide bonds. The van der Waals surface area contributed by atoms with Crippen LogP contribution >= 0.6 is 24.0 Å². The van der Waals surface area contributed by atoms with Crippen molar-refractivity contribution < 1.29 is 9.47 Å². The molecule has 3 N–H and O–H groups in total. The number of halogens is 1. The van der Waals surface area contributed by atoms with Gasteiger partial charge in [-0.15, -0.1) is 24.0 Å². The first-order valence-electron chi connectivity index (χ1n) is 9.46. The third-order valence-corrected chi connectivity index (χ3v) is 5.23. The maximum atomic E-state index is 6.09. The van der Waals surface area contributed by atoms with Crippen LogP contribution in [-0.2, 0) is 6.54 Å². The fraction of sp³-hybridized carbons (Fsp3) is 0.650. The van der Waals surface area contributed by atoms with Crippen LogP contribution in [0.3, 0.4) is 0 Å². The zero-order chi connectivity index (χ0) is 18.9. The maximum Gasteiger partial charge on any atom is 0.188 e. The van der Waals surface area contributed by atoms with E-state index in [4.69, 9.17) is 15.2 Å². The van der Waals surface area contributed by atoms with E-state index in [2.05, 4.69) is 29.3 Å². The molecule has 0 aromatic heterocycles.